The minimum absolute atomic E-state index is 0.0335. The number of nitrogens with zero attached hydrogens (tertiary/aromatic N) is 5. The van der Waals surface area contributed by atoms with Crippen molar-refractivity contribution in [2.45, 2.75) is 44.1 Å². The summed E-state index contributed by atoms with van der Waals surface area (Å²) in [4.78, 5) is 20.0. The summed E-state index contributed by atoms with van der Waals surface area (Å²) >= 11 is 0. The molecule has 2 fully saturated rings. The molecule has 4 heterocycles. The number of aliphatic hydroxyl groups is 1. The SMILES string of the molecule is Cc1cc2c(N3CCN(C)c4ccc(C#N)cc43)cc(C3CCN(CC4(O)CCNCC4)CC3)cc2n(C)c1=O. The number of fused-ring (bicyclic) bond motifs is 2. The maximum absolute atomic E-state index is 13.0. The van der Waals surface area contributed by atoms with E-state index in [1.807, 2.05) is 38.2 Å². The van der Waals surface area contributed by atoms with Crippen LogP contribution in [0, 0.1) is 18.3 Å². The van der Waals surface area contributed by atoms with E-state index >= 15 is 0 Å². The summed E-state index contributed by atoms with van der Waals surface area (Å²) in [5.74, 6) is 0.385. The van der Waals surface area contributed by atoms with Gasteiger partial charge in [-0.3, -0.25) is 4.79 Å². The van der Waals surface area contributed by atoms with Gasteiger partial charge in [0.15, 0.2) is 0 Å². The highest BCUT2D eigenvalue weighted by atomic mass is 16.3. The zero-order valence-corrected chi connectivity index (χ0v) is 23.9. The van der Waals surface area contributed by atoms with Crippen LogP contribution in [0.4, 0.5) is 17.1 Å². The molecule has 2 saturated heterocycles. The Morgan fingerprint density at radius 3 is 2.48 bits per heavy atom. The second-order valence-electron chi connectivity index (χ2n) is 12.1. The second-order valence-corrected chi connectivity index (χ2v) is 12.1. The van der Waals surface area contributed by atoms with Gasteiger partial charge in [-0.2, -0.15) is 5.26 Å². The lowest BCUT2D eigenvalue weighted by molar-refractivity contribution is -0.0256. The molecule has 8 nitrogen and oxygen atoms in total. The molecule has 6 rings (SSSR count). The predicted octanol–water partition coefficient (Wildman–Crippen LogP) is 3.60. The van der Waals surface area contributed by atoms with Crippen molar-refractivity contribution in [3.8, 4) is 6.07 Å². The van der Waals surface area contributed by atoms with Crippen LogP contribution >= 0.6 is 0 Å². The van der Waals surface area contributed by atoms with Crippen molar-refractivity contribution < 1.29 is 5.11 Å². The highest BCUT2D eigenvalue weighted by molar-refractivity contribution is 5.97. The minimum Gasteiger partial charge on any atom is -0.388 e. The number of benzene rings is 2. The maximum atomic E-state index is 13.0. The number of likely N-dealkylation sites (N-methyl/N-ethyl adjacent to an activating group) is 1. The molecule has 3 aliphatic heterocycles. The minimum atomic E-state index is -0.582. The van der Waals surface area contributed by atoms with Crippen LogP contribution in [0.3, 0.4) is 0 Å². The van der Waals surface area contributed by atoms with Gasteiger partial charge in [0.1, 0.15) is 0 Å². The predicted molar refractivity (Wildman–Crippen MR) is 161 cm³/mol. The summed E-state index contributed by atoms with van der Waals surface area (Å²) in [7, 11) is 3.97. The largest absolute Gasteiger partial charge is 0.388 e. The summed E-state index contributed by atoms with van der Waals surface area (Å²) in [6.45, 7) is 7.99. The molecule has 1 aromatic heterocycles. The van der Waals surface area contributed by atoms with Crippen LogP contribution in [0.2, 0.25) is 0 Å². The number of piperidine rings is 2. The number of hydrogen-bond acceptors (Lipinski definition) is 7. The highest BCUT2D eigenvalue weighted by Gasteiger charge is 2.33. The number of hydrogen-bond donors (Lipinski definition) is 2. The monoisotopic (exact) mass is 540 g/mol. The Kier molecular flexibility index (Phi) is 7.07. The number of aromatic nitrogens is 1. The number of nitriles is 1. The first-order valence-electron chi connectivity index (χ1n) is 14.6. The molecule has 2 N–H and O–H groups in total. The molecule has 3 aromatic rings. The molecule has 0 saturated carbocycles. The first kappa shape index (κ1) is 26.8. The van der Waals surface area contributed by atoms with Gasteiger partial charge in [-0.15, -0.1) is 0 Å². The third-order valence-corrected chi connectivity index (χ3v) is 9.39. The van der Waals surface area contributed by atoms with Crippen LogP contribution < -0.4 is 20.7 Å². The third kappa shape index (κ3) is 4.87. The Balaban J connectivity index is 1.38. The average molecular weight is 541 g/mol. The summed E-state index contributed by atoms with van der Waals surface area (Å²) in [6, 6.07) is 14.8. The zero-order chi connectivity index (χ0) is 28.0. The number of rotatable bonds is 4. The molecule has 0 spiro atoms. The van der Waals surface area contributed by atoms with E-state index in [-0.39, 0.29) is 5.56 Å². The summed E-state index contributed by atoms with van der Waals surface area (Å²) in [5.41, 5.74) is 6.27. The topological polar surface area (TPSA) is 87.8 Å². The fourth-order valence-electron chi connectivity index (χ4n) is 6.94. The Morgan fingerprint density at radius 2 is 1.75 bits per heavy atom. The van der Waals surface area contributed by atoms with Gasteiger partial charge in [-0.1, -0.05) is 0 Å². The molecule has 0 aliphatic carbocycles. The first-order chi connectivity index (χ1) is 19.3. The number of nitrogens with one attached hydrogen (secondary N) is 1. The van der Waals surface area contributed by atoms with Crippen molar-refractivity contribution in [2.75, 3.05) is 62.7 Å². The third-order valence-electron chi connectivity index (χ3n) is 9.39. The van der Waals surface area contributed by atoms with E-state index in [2.05, 4.69) is 45.3 Å². The summed E-state index contributed by atoms with van der Waals surface area (Å²) < 4.78 is 1.79. The number of pyridine rings is 1. The van der Waals surface area contributed by atoms with Gasteiger partial charge in [0.05, 0.1) is 39.8 Å². The molecule has 0 atom stereocenters. The second kappa shape index (κ2) is 10.5. The van der Waals surface area contributed by atoms with Crippen molar-refractivity contribution in [3.05, 3.63) is 63.4 Å². The van der Waals surface area contributed by atoms with E-state index < -0.39 is 5.60 Å². The quantitative estimate of drug-likeness (QED) is 0.523. The molecular weight excluding hydrogens is 500 g/mol. The van der Waals surface area contributed by atoms with Gasteiger partial charge >= 0.3 is 0 Å². The Bertz CT molecular complexity index is 1530. The van der Waals surface area contributed by atoms with Gasteiger partial charge < -0.3 is 29.7 Å². The normalized spacial score (nSPS) is 20.0. The zero-order valence-electron chi connectivity index (χ0n) is 23.9. The molecular formula is C32H40N6O2. The molecule has 210 valence electrons. The summed E-state index contributed by atoms with van der Waals surface area (Å²) in [6.07, 6.45) is 3.68. The van der Waals surface area contributed by atoms with Crippen molar-refractivity contribution in [3.63, 3.8) is 0 Å². The fourth-order valence-corrected chi connectivity index (χ4v) is 6.94. The van der Waals surface area contributed by atoms with Crippen LogP contribution in [0.15, 0.2) is 41.2 Å². The number of likely N-dealkylation sites (tertiary alicyclic amines) is 1. The lowest BCUT2D eigenvalue weighted by Gasteiger charge is -2.40. The van der Waals surface area contributed by atoms with Crippen molar-refractivity contribution in [2.24, 2.45) is 7.05 Å². The molecule has 40 heavy (non-hydrogen) atoms. The lowest BCUT2D eigenvalue weighted by atomic mass is 9.86. The molecule has 2 aromatic carbocycles. The molecule has 3 aliphatic rings. The van der Waals surface area contributed by atoms with Crippen LogP contribution in [-0.2, 0) is 7.05 Å². The van der Waals surface area contributed by atoms with Crippen LogP contribution in [0.5, 0.6) is 0 Å². The van der Waals surface area contributed by atoms with Crippen LogP contribution in [0.25, 0.3) is 10.9 Å². The Labute approximate surface area is 236 Å². The molecule has 0 unspecified atom stereocenters. The van der Waals surface area contributed by atoms with Crippen molar-refractivity contribution in [1.29, 1.82) is 5.26 Å². The van der Waals surface area contributed by atoms with Crippen molar-refractivity contribution >= 4 is 28.0 Å². The van der Waals surface area contributed by atoms with Crippen molar-refractivity contribution in [1.82, 2.24) is 14.8 Å². The standard InChI is InChI=1S/C32H40N6O2/c1-22-16-26-28(36(3)31(22)39)18-25(24-6-12-37(13-7-24)21-32(40)8-10-34-11-9-32)19-29(26)38-15-14-35(2)27-5-4-23(20-33)17-30(27)38/h4-5,16-19,24,34,40H,6-15,21H2,1-3H3. The Hall–Kier alpha value is -3.38. The van der Waals surface area contributed by atoms with E-state index in [1.54, 1.807) is 4.57 Å². The van der Waals surface area contributed by atoms with Crippen LogP contribution in [-0.4, -0.2) is 73.0 Å². The molecule has 0 amide bonds. The van der Waals surface area contributed by atoms with E-state index in [4.69, 9.17) is 0 Å². The van der Waals surface area contributed by atoms with E-state index in [0.29, 0.717) is 11.5 Å². The van der Waals surface area contributed by atoms with Gasteiger partial charge in [-0.05, 0) is 107 Å². The number of β-amino-alcohol motifs (C(OH)–C–C–N with tert-alkyl or cyclic N) is 1. The smallest absolute Gasteiger partial charge is 0.253 e. The number of anilines is 3. The molecule has 8 heteroatoms. The maximum Gasteiger partial charge on any atom is 0.253 e. The van der Waals surface area contributed by atoms with Gasteiger partial charge in [0, 0.05) is 44.7 Å². The van der Waals surface area contributed by atoms with Crippen LogP contribution in [0.1, 0.15) is 48.3 Å². The Morgan fingerprint density at radius 1 is 1.00 bits per heavy atom. The summed E-state index contributed by atoms with van der Waals surface area (Å²) in [5, 5.41) is 25.1. The lowest BCUT2D eigenvalue weighted by Crippen LogP contribution is -2.51. The average Bonchev–Trinajstić information content (AvgIpc) is 2.96. The number of aryl methyl sites for hydroxylation is 2. The van der Waals surface area contributed by atoms with E-state index in [1.165, 1.54) is 5.56 Å². The van der Waals surface area contributed by atoms with Gasteiger partial charge in [0.25, 0.3) is 5.56 Å². The van der Waals surface area contributed by atoms with Gasteiger partial charge in [0.2, 0.25) is 0 Å². The molecule has 0 radical (unpaired) electrons. The van der Waals surface area contributed by atoms with E-state index in [9.17, 15) is 15.2 Å². The molecule has 0 bridgehead atoms. The highest BCUT2D eigenvalue weighted by Crippen LogP contribution is 2.43. The first-order valence-corrected chi connectivity index (χ1v) is 14.6. The fraction of sp³-hybridized carbons (Fsp3) is 0.500. The van der Waals surface area contributed by atoms with Gasteiger partial charge in [-0.25, -0.2) is 0 Å². The van der Waals surface area contributed by atoms with E-state index in [0.717, 1.165) is 105 Å².